The second-order valence-electron chi connectivity index (χ2n) is 19.9. The number of fused-ring (bicyclic) bond motifs is 3. The minimum absolute atomic E-state index is 0.174. The molecular weight excluding hydrogens is 1090 g/mol. The Morgan fingerprint density at radius 2 is 0.905 bits per heavy atom. The van der Waals surface area contributed by atoms with Gasteiger partial charge in [-0.25, -0.2) is 0 Å². The minimum Gasteiger partial charge on any atom is -0.472 e. The van der Waals surface area contributed by atoms with Gasteiger partial charge in [0.05, 0.1) is 63.0 Å². The van der Waals surface area contributed by atoms with Gasteiger partial charge in [-0.2, -0.15) is 26.3 Å². The van der Waals surface area contributed by atoms with Crippen molar-refractivity contribution in [2.45, 2.75) is 59.7 Å². The van der Waals surface area contributed by atoms with Crippen LogP contribution in [0.2, 0.25) is 0 Å². The fourth-order valence-corrected chi connectivity index (χ4v) is 9.29. The van der Waals surface area contributed by atoms with Crippen molar-refractivity contribution in [2.75, 3.05) is 16.0 Å². The van der Waals surface area contributed by atoms with Crippen LogP contribution in [0.1, 0.15) is 81.5 Å². The monoisotopic (exact) mass is 1140 g/mol. The van der Waals surface area contributed by atoms with Crippen molar-refractivity contribution in [3.8, 4) is 0 Å². The minimum atomic E-state index is -4.48. The average Bonchev–Trinajstić information content (AvgIpc) is 4.56. The first-order valence-electron chi connectivity index (χ1n) is 26.0. The summed E-state index contributed by atoms with van der Waals surface area (Å²) in [5.41, 5.74) is 10.3. The number of para-hydroxylation sites is 1. The molecule has 84 heavy (non-hydrogen) atoms. The summed E-state index contributed by atoms with van der Waals surface area (Å²) >= 11 is 0. The van der Waals surface area contributed by atoms with Crippen LogP contribution in [0.4, 0.5) is 43.4 Å². The summed E-state index contributed by atoms with van der Waals surface area (Å²) in [6, 6.07) is 36.1. The summed E-state index contributed by atoms with van der Waals surface area (Å²) in [7, 11) is 0. The lowest BCUT2D eigenvalue weighted by Gasteiger charge is -2.08. The molecule has 8 heterocycles. The number of benzene rings is 4. The highest BCUT2D eigenvalue weighted by atomic mass is 19.4. The molecule has 0 aliphatic heterocycles. The molecule has 0 unspecified atom stereocenters. The van der Waals surface area contributed by atoms with Gasteiger partial charge in [0, 0.05) is 66.8 Å². The second kappa shape index (κ2) is 23.9. The number of pyridine rings is 2. The van der Waals surface area contributed by atoms with Crippen LogP contribution >= 0.6 is 0 Å². The zero-order valence-corrected chi connectivity index (χ0v) is 45.3. The molecule has 3 amide bonds. The summed E-state index contributed by atoms with van der Waals surface area (Å²) < 4.78 is 97.0. The van der Waals surface area contributed by atoms with Gasteiger partial charge in [0.1, 0.15) is 35.7 Å². The topological polar surface area (TPSA) is 180 Å². The fourth-order valence-electron chi connectivity index (χ4n) is 9.29. The molecule has 15 nitrogen and oxygen atoms in total. The van der Waals surface area contributed by atoms with Gasteiger partial charge in [0.15, 0.2) is 0 Å². The van der Waals surface area contributed by atoms with E-state index in [0.717, 1.165) is 68.2 Å². The number of hydrogen-bond acceptors (Lipinski definition) is 9. The normalized spacial score (nSPS) is 11.5. The SMILES string of the molecule is Cc1ccc(Cn2cc(NC(=O)c3ccoc3)c3ccccc32)cc1.Cc1ccc2c(c1)c(NC(=O)c1ccoc1)cn2Cc1ccc(C(F)(F)F)nc1.Cc1ccc2c(c1)c(NC(=O)c1conc1C)cn2Cc1ccc(C(F)(F)F)nc1. The Morgan fingerprint density at radius 3 is 1.33 bits per heavy atom. The number of aryl methyl sites for hydroxylation is 4. The highest BCUT2D eigenvalue weighted by Gasteiger charge is 2.33. The molecule has 0 saturated heterocycles. The molecule has 21 heteroatoms. The third-order valence-electron chi connectivity index (χ3n) is 13.6. The molecule has 0 spiro atoms. The molecular formula is C63H51F6N9O6. The maximum absolute atomic E-state index is 12.7. The van der Waals surface area contributed by atoms with Gasteiger partial charge in [-0.15, -0.1) is 0 Å². The van der Waals surface area contributed by atoms with Gasteiger partial charge < -0.3 is 43.0 Å². The van der Waals surface area contributed by atoms with Crippen LogP contribution in [0, 0.1) is 27.7 Å². The second-order valence-corrected chi connectivity index (χ2v) is 19.9. The molecule has 426 valence electrons. The van der Waals surface area contributed by atoms with Crippen molar-refractivity contribution < 1.29 is 54.1 Å². The lowest BCUT2D eigenvalue weighted by molar-refractivity contribution is -0.142. The first-order valence-corrected chi connectivity index (χ1v) is 26.0. The van der Waals surface area contributed by atoms with Gasteiger partial charge >= 0.3 is 12.4 Å². The number of nitrogens with zero attached hydrogens (tertiary/aromatic N) is 6. The molecule has 0 atom stereocenters. The van der Waals surface area contributed by atoms with Crippen LogP contribution in [0.5, 0.6) is 0 Å². The predicted octanol–water partition coefficient (Wildman–Crippen LogP) is 15.1. The van der Waals surface area contributed by atoms with Crippen LogP contribution < -0.4 is 16.0 Å². The number of hydrogen-bond donors (Lipinski definition) is 3. The number of halogens is 6. The average molecular weight is 1140 g/mol. The van der Waals surface area contributed by atoms with Crippen LogP contribution in [0.3, 0.4) is 0 Å². The van der Waals surface area contributed by atoms with Gasteiger partial charge in [0.2, 0.25) is 0 Å². The summed E-state index contributed by atoms with van der Waals surface area (Å²) in [6.07, 6.45) is 5.97. The molecule has 0 aliphatic rings. The molecule has 0 bridgehead atoms. The van der Waals surface area contributed by atoms with E-state index in [1.54, 1.807) is 31.5 Å². The Balaban J connectivity index is 0.000000141. The number of alkyl halides is 6. The molecule has 8 aromatic heterocycles. The smallest absolute Gasteiger partial charge is 0.433 e. The van der Waals surface area contributed by atoms with Crippen molar-refractivity contribution in [3.05, 3.63) is 251 Å². The number of rotatable bonds is 12. The van der Waals surface area contributed by atoms with E-state index >= 15 is 0 Å². The largest absolute Gasteiger partial charge is 0.472 e. The Hall–Kier alpha value is -10.4. The summed E-state index contributed by atoms with van der Waals surface area (Å²) in [4.78, 5) is 44.4. The molecule has 0 aliphatic carbocycles. The highest BCUT2D eigenvalue weighted by Crippen LogP contribution is 2.33. The first kappa shape index (κ1) is 56.8. The molecule has 0 fully saturated rings. The van der Waals surface area contributed by atoms with Gasteiger partial charge in [-0.1, -0.05) is 88.6 Å². The maximum atomic E-state index is 12.7. The number of nitrogens with one attached hydrogen (secondary N) is 3. The van der Waals surface area contributed by atoms with E-state index in [4.69, 9.17) is 13.4 Å². The Labute approximate surface area is 475 Å². The van der Waals surface area contributed by atoms with E-state index in [1.165, 1.54) is 67.0 Å². The van der Waals surface area contributed by atoms with Crippen LogP contribution in [0.25, 0.3) is 32.7 Å². The van der Waals surface area contributed by atoms with E-state index in [1.807, 2.05) is 83.8 Å². The number of amides is 3. The third-order valence-corrected chi connectivity index (χ3v) is 13.6. The van der Waals surface area contributed by atoms with E-state index < -0.39 is 23.7 Å². The van der Waals surface area contributed by atoms with E-state index in [-0.39, 0.29) is 17.7 Å². The zero-order valence-electron chi connectivity index (χ0n) is 45.3. The van der Waals surface area contributed by atoms with Crippen molar-refractivity contribution in [1.82, 2.24) is 28.8 Å². The van der Waals surface area contributed by atoms with Crippen molar-refractivity contribution in [1.29, 1.82) is 0 Å². The predicted molar refractivity (Wildman–Crippen MR) is 305 cm³/mol. The molecule has 4 aromatic carbocycles. The summed E-state index contributed by atoms with van der Waals surface area (Å²) in [5.74, 6) is -0.840. The third kappa shape index (κ3) is 13.2. The van der Waals surface area contributed by atoms with Crippen molar-refractivity contribution in [2.24, 2.45) is 0 Å². The number of carbonyl (C=O) groups excluding carboxylic acids is 3. The van der Waals surface area contributed by atoms with Crippen molar-refractivity contribution in [3.63, 3.8) is 0 Å². The van der Waals surface area contributed by atoms with Gasteiger partial charge in [0.25, 0.3) is 17.7 Å². The van der Waals surface area contributed by atoms with Crippen LogP contribution in [-0.4, -0.2) is 46.5 Å². The summed E-state index contributed by atoms with van der Waals surface area (Å²) in [6.45, 7) is 8.99. The first-order chi connectivity index (χ1) is 40.2. The number of carbonyl (C=O) groups is 3. The quantitative estimate of drug-likeness (QED) is 0.100. The van der Waals surface area contributed by atoms with Crippen LogP contribution in [0.15, 0.2) is 197 Å². The molecule has 0 saturated carbocycles. The van der Waals surface area contributed by atoms with Gasteiger partial charge in [-0.3, -0.25) is 24.4 Å². The number of furan rings is 2. The lowest BCUT2D eigenvalue weighted by atomic mass is 10.1. The number of aromatic nitrogens is 6. The Bertz CT molecular complexity index is 4270. The van der Waals surface area contributed by atoms with Crippen molar-refractivity contribution >= 4 is 67.5 Å². The van der Waals surface area contributed by atoms with Gasteiger partial charge in [-0.05, 0) is 99.0 Å². The number of anilines is 3. The maximum Gasteiger partial charge on any atom is 0.433 e. The fraction of sp³-hybridized carbons (Fsp3) is 0.143. The zero-order chi connectivity index (χ0) is 59.3. The molecule has 3 N–H and O–H groups in total. The molecule has 0 radical (unpaired) electrons. The molecule has 12 rings (SSSR count). The Morgan fingerprint density at radius 1 is 0.476 bits per heavy atom. The standard InChI is InChI=1S/C21H17F3N4O2.C21H16F3N3O2.C21H18N2O2/c1-12-3-5-18-15(7-12)17(26-20(29)16-11-30-27-13(16)2)10-28(18)9-14-4-6-19(25-8-14)21(22,23)24;1-13-2-4-18-16(8-13)17(26-20(28)15-6-7-29-12-15)11-27(18)10-14-3-5-19(25-9-14)21(22,23)24;1-15-6-8-16(9-7-15)12-23-13-19(18-4-2-3-5-20(18)23)22-21(24)17-10-11-25-14-17/h3-8,10-11H,9H2,1-2H3,(H,26,29);2-9,11-12H,10H2,1H3,(H,26,28);2-11,13-14H,12H2,1H3,(H,22,24). The lowest BCUT2D eigenvalue weighted by Crippen LogP contribution is -2.12. The highest BCUT2D eigenvalue weighted by molar-refractivity contribution is 6.11. The van der Waals surface area contributed by atoms with Crippen LogP contribution in [-0.2, 0) is 32.0 Å². The Kier molecular flexibility index (Phi) is 16.2. The van der Waals surface area contributed by atoms with E-state index in [0.29, 0.717) is 58.0 Å². The van der Waals surface area contributed by atoms with E-state index in [9.17, 15) is 40.7 Å². The molecule has 12 aromatic rings. The van der Waals surface area contributed by atoms with E-state index in [2.05, 4.69) is 72.9 Å². The summed E-state index contributed by atoms with van der Waals surface area (Å²) in [5, 5.41) is 15.1.